The number of nitrogens with two attached hydrogens (primary N) is 1. The van der Waals surface area contributed by atoms with Crippen molar-refractivity contribution in [2.24, 2.45) is 11.7 Å². The van der Waals surface area contributed by atoms with Crippen molar-refractivity contribution in [2.75, 3.05) is 18.0 Å². The third kappa shape index (κ3) is 4.80. The zero-order chi connectivity index (χ0) is 12.8. The maximum absolute atomic E-state index is 7.29. The van der Waals surface area contributed by atoms with Crippen LogP contribution in [0.15, 0.2) is 12.4 Å². The molecule has 0 atom stereocenters. The zero-order valence-corrected chi connectivity index (χ0v) is 10.8. The van der Waals surface area contributed by atoms with E-state index in [0.717, 1.165) is 24.6 Å². The van der Waals surface area contributed by atoms with Gasteiger partial charge in [0.2, 0.25) is 0 Å². The molecule has 0 radical (unpaired) electrons. The van der Waals surface area contributed by atoms with Crippen molar-refractivity contribution in [3.8, 4) is 0 Å². The molecule has 0 saturated carbocycles. The Morgan fingerprint density at radius 3 is 2.71 bits per heavy atom. The summed E-state index contributed by atoms with van der Waals surface area (Å²) in [5, 5.41) is 7.29. The lowest BCUT2D eigenvalue weighted by molar-refractivity contribution is 0.608. The predicted octanol–water partition coefficient (Wildman–Crippen LogP) is 1.57. The van der Waals surface area contributed by atoms with Gasteiger partial charge in [-0.25, -0.2) is 9.97 Å². The van der Waals surface area contributed by atoms with E-state index in [1.807, 2.05) is 13.0 Å². The molecule has 1 rings (SSSR count). The number of hydrogen-bond acceptors (Lipinski definition) is 4. The summed E-state index contributed by atoms with van der Waals surface area (Å²) in [4.78, 5) is 10.5. The molecule has 0 aromatic carbocycles. The third-order valence-electron chi connectivity index (χ3n) is 2.35. The molecule has 0 aliphatic rings. The molecule has 0 bridgehead atoms. The Morgan fingerprint density at radius 1 is 1.47 bits per heavy atom. The summed E-state index contributed by atoms with van der Waals surface area (Å²) in [7, 11) is 0. The van der Waals surface area contributed by atoms with E-state index >= 15 is 0 Å². The molecule has 0 amide bonds. The van der Waals surface area contributed by atoms with Gasteiger partial charge in [0.15, 0.2) is 0 Å². The second-order valence-electron chi connectivity index (χ2n) is 4.63. The number of aromatic nitrogens is 2. The minimum absolute atomic E-state index is 0.213. The predicted molar refractivity (Wildman–Crippen MR) is 70.4 cm³/mol. The van der Waals surface area contributed by atoms with E-state index in [2.05, 4.69) is 28.7 Å². The normalized spacial score (nSPS) is 10.6. The van der Waals surface area contributed by atoms with Crippen molar-refractivity contribution < 1.29 is 0 Å². The Bertz CT molecular complexity index is 375. The fourth-order valence-corrected chi connectivity index (χ4v) is 1.61. The maximum Gasteiger partial charge on any atom is 0.132 e. The Kier molecular flexibility index (Phi) is 4.87. The third-order valence-corrected chi connectivity index (χ3v) is 2.35. The van der Waals surface area contributed by atoms with E-state index in [1.165, 1.54) is 0 Å². The lowest BCUT2D eigenvalue weighted by Crippen LogP contribution is -2.32. The van der Waals surface area contributed by atoms with Crippen molar-refractivity contribution >= 4 is 11.7 Å². The summed E-state index contributed by atoms with van der Waals surface area (Å²) in [5.74, 6) is 1.66. The van der Waals surface area contributed by atoms with Crippen LogP contribution in [-0.4, -0.2) is 28.9 Å². The molecule has 0 aliphatic carbocycles. The summed E-state index contributed by atoms with van der Waals surface area (Å²) in [6.45, 7) is 7.90. The molecular formula is C12H21N5. The van der Waals surface area contributed by atoms with Gasteiger partial charge >= 0.3 is 0 Å². The van der Waals surface area contributed by atoms with Crippen LogP contribution in [0.5, 0.6) is 0 Å². The zero-order valence-electron chi connectivity index (χ0n) is 10.8. The smallest absolute Gasteiger partial charge is 0.132 e. The molecule has 3 N–H and O–H groups in total. The van der Waals surface area contributed by atoms with E-state index in [0.29, 0.717) is 12.3 Å². The Balaban J connectivity index is 2.77. The van der Waals surface area contributed by atoms with Gasteiger partial charge in [0.05, 0.1) is 5.84 Å². The highest BCUT2D eigenvalue weighted by Gasteiger charge is 2.10. The van der Waals surface area contributed by atoms with Crippen LogP contribution in [0, 0.1) is 18.3 Å². The number of aryl methyl sites for hydroxylation is 1. The van der Waals surface area contributed by atoms with Crippen molar-refractivity contribution in [2.45, 2.75) is 27.2 Å². The molecule has 17 heavy (non-hydrogen) atoms. The van der Waals surface area contributed by atoms with Crippen LogP contribution in [0.25, 0.3) is 0 Å². The van der Waals surface area contributed by atoms with Crippen molar-refractivity contribution in [3.05, 3.63) is 18.1 Å². The van der Waals surface area contributed by atoms with Gasteiger partial charge < -0.3 is 10.6 Å². The number of amidine groups is 1. The maximum atomic E-state index is 7.29. The second kappa shape index (κ2) is 6.18. The lowest BCUT2D eigenvalue weighted by Gasteiger charge is -2.25. The van der Waals surface area contributed by atoms with Gasteiger partial charge in [-0.05, 0) is 12.8 Å². The average Bonchev–Trinajstić information content (AvgIpc) is 2.23. The van der Waals surface area contributed by atoms with E-state index in [-0.39, 0.29) is 5.84 Å². The van der Waals surface area contributed by atoms with Crippen LogP contribution in [-0.2, 0) is 0 Å². The van der Waals surface area contributed by atoms with Crippen LogP contribution in [0.3, 0.4) is 0 Å². The highest BCUT2D eigenvalue weighted by molar-refractivity contribution is 5.77. The molecule has 5 nitrogen and oxygen atoms in total. The van der Waals surface area contributed by atoms with Crippen molar-refractivity contribution in [1.29, 1.82) is 5.41 Å². The lowest BCUT2D eigenvalue weighted by atomic mass is 10.2. The van der Waals surface area contributed by atoms with E-state index in [9.17, 15) is 0 Å². The minimum Gasteiger partial charge on any atom is -0.388 e. The van der Waals surface area contributed by atoms with E-state index in [4.69, 9.17) is 11.1 Å². The Labute approximate surface area is 103 Å². The van der Waals surface area contributed by atoms with Gasteiger partial charge in [0.1, 0.15) is 12.1 Å². The number of nitrogens with zero attached hydrogens (tertiary/aromatic N) is 3. The molecule has 0 saturated heterocycles. The molecule has 0 unspecified atom stereocenters. The fraction of sp³-hybridized carbons (Fsp3) is 0.583. The van der Waals surface area contributed by atoms with Crippen LogP contribution in [0.4, 0.5) is 5.82 Å². The van der Waals surface area contributed by atoms with Gasteiger partial charge in [-0.2, -0.15) is 0 Å². The molecule has 5 heteroatoms. The summed E-state index contributed by atoms with van der Waals surface area (Å²) < 4.78 is 0. The SMILES string of the molecule is Cc1cc(N(CCC(=N)N)CC(C)C)ncn1. The highest BCUT2D eigenvalue weighted by Crippen LogP contribution is 2.13. The topological polar surface area (TPSA) is 78.9 Å². The first kappa shape index (κ1) is 13.4. The highest BCUT2D eigenvalue weighted by atomic mass is 15.2. The minimum atomic E-state index is 0.213. The van der Waals surface area contributed by atoms with Crippen molar-refractivity contribution in [1.82, 2.24) is 9.97 Å². The number of rotatable bonds is 6. The Hall–Kier alpha value is -1.65. The standard InChI is InChI=1S/C12H21N5/c1-9(2)7-17(5-4-11(13)14)12-6-10(3)15-8-16-12/h6,8-9H,4-5,7H2,1-3H3,(H3,13,14). The largest absolute Gasteiger partial charge is 0.388 e. The van der Waals surface area contributed by atoms with E-state index < -0.39 is 0 Å². The molecule has 94 valence electrons. The molecule has 1 aromatic heterocycles. The average molecular weight is 235 g/mol. The van der Waals surface area contributed by atoms with Gasteiger partial charge in [0.25, 0.3) is 0 Å². The van der Waals surface area contributed by atoms with Crippen LogP contribution >= 0.6 is 0 Å². The monoisotopic (exact) mass is 235 g/mol. The molecule has 0 aliphatic heterocycles. The number of anilines is 1. The molecule has 1 heterocycles. The molecule has 0 spiro atoms. The Morgan fingerprint density at radius 2 is 2.18 bits per heavy atom. The van der Waals surface area contributed by atoms with Gasteiger partial charge in [-0.1, -0.05) is 13.8 Å². The summed E-state index contributed by atoms with van der Waals surface area (Å²) in [6, 6.07) is 1.96. The first-order valence-electron chi connectivity index (χ1n) is 5.85. The van der Waals surface area contributed by atoms with Gasteiger partial charge in [0, 0.05) is 31.3 Å². The summed E-state index contributed by atoms with van der Waals surface area (Å²) in [6.07, 6.45) is 2.14. The summed E-state index contributed by atoms with van der Waals surface area (Å²) >= 11 is 0. The van der Waals surface area contributed by atoms with Crippen molar-refractivity contribution in [3.63, 3.8) is 0 Å². The molecule has 1 aromatic rings. The molecule has 0 fully saturated rings. The summed E-state index contributed by atoms with van der Waals surface area (Å²) in [5.41, 5.74) is 6.35. The van der Waals surface area contributed by atoms with Gasteiger partial charge in [-0.3, -0.25) is 5.41 Å². The number of nitrogens with one attached hydrogen (secondary N) is 1. The molecular weight excluding hydrogens is 214 g/mol. The second-order valence-corrected chi connectivity index (χ2v) is 4.63. The van der Waals surface area contributed by atoms with E-state index in [1.54, 1.807) is 6.33 Å². The van der Waals surface area contributed by atoms with Crippen LogP contribution in [0.1, 0.15) is 26.0 Å². The first-order valence-corrected chi connectivity index (χ1v) is 5.85. The van der Waals surface area contributed by atoms with Crippen LogP contribution in [0.2, 0.25) is 0 Å². The quantitative estimate of drug-likeness (QED) is 0.579. The van der Waals surface area contributed by atoms with Gasteiger partial charge in [-0.15, -0.1) is 0 Å². The van der Waals surface area contributed by atoms with Crippen LogP contribution < -0.4 is 10.6 Å². The first-order chi connectivity index (χ1) is 7.99. The number of hydrogen-bond donors (Lipinski definition) is 2. The fourth-order valence-electron chi connectivity index (χ4n) is 1.61.